The summed E-state index contributed by atoms with van der Waals surface area (Å²) in [6.07, 6.45) is 2.41. The minimum atomic E-state index is -0.583. The van der Waals surface area contributed by atoms with Crippen LogP contribution in [-0.2, 0) is 4.74 Å². The van der Waals surface area contributed by atoms with Crippen molar-refractivity contribution in [3.05, 3.63) is 11.0 Å². The normalized spacial score (nSPS) is 19.3. The number of likely N-dealkylation sites (tertiary alicyclic amines) is 1. The van der Waals surface area contributed by atoms with E-state index in [0.717, 1.165) is 6.42 Å². The summed E-state index contributed by atoms with van der Waals surface area (Å²) < 4.78 is 19.7. The van der Waals surface area contributed by atoms with Crippen molar-refractivity contribution < 1.29 is 13.9 Å². The van der Waals surface area contributed by atoms with Gasteiger partial charge in [-0.05, 0) is 33.4 Å². The number of ether oxygens (including phenoxy) is 1. The van der Waals surface area contributed by atoms with Crippen LogP contribution in [0.15, 0.2) is 5.16 Å². The number of carbonyl (C=O) groups excluding carboxylic acids is 1. The molecule has 2 aliphatic heterocycles. The Balaban J connectivity index is 1.66. The lowest BCUT2D eigenvalue weighted by molar-refractivity contribution is -0.0266. The van der Waals surface area contributed by atoms with Crippen LogP contribution in [0.5, 0.6) is 0 Å². The van der Waals surface area contributed by atoms with Crippen molar-refractivity contribution in [2.45, 2.75) is 37.9 Å². The van der Waals surface area contributed by atoms with Gasteiger partial charge < -0.3 is 14.5 Å². The minimum Gasteiger partial charge on any atom is -0.444 e. The van der Waals surface area contributed by atoms with Gasteiger partial charge in [0.25, 0.3) is 0 Å². The number of halogens is 2. The average molecular weight is 389 g/mol. The number of hydrogen-bond donors (Lipinski definition) is 0. The number of thioether (sulfide) groups is 1. The van der Waals surface area contributed by atoms with Crippen LogP contribution >= 0.6 is 23.4 Å². The molecule has 1 aromatic rings. The molecule has 3 rings (SSSR count). The zero-order chi connectivity index (χ0) is 18.4. The van der Waals surface area contributed by atoms with Gasteiger partial charge in [-0.1, -0.05) is 23.4 Å². The summed E-state index contributed by atoms with van der Waals surface area (Å²) in [4.78, 5) is 23.9. The van der Waals surface area contributed by atoms with Crippen LogP contribution in [0.3, 0.4) is 0 Å². The van der Waals surface area contributed by atoms with Gasteiger partial charge in [-0.2, -0.15) is 4.39 Å². The molecule has 0 unspecified atom stereocenters. The topological polar surface area (TPSA) is 58.6 Å². The van der Waals surface area contributed by atoms with Crippen LogP contribution in [0.4, 0.5) is 15.0 Å². The van der Waals surface area contributed by atoms with Crippen LogP contribution < -0.4 is 4.90 Å². The first kappa shape index (κ1) is 18.5. The SMILES string of the molecule is CSc1nc(Cl)c(F)c(N2CCC3(CN(C(=O)OC(C)(C)C)C3)C2)n1. The first-order chi connectivity index (χ1) is 11.6. The highest BCUT2D eigenvalue weighted by Crippen LogP contribution is 2.42. The third-order valence-electron chi connectivity index (χ3n) is 4.40. The molecular weight excluding hydrogens is 367 g/mol. The molecule has 138 valence electrons. The lowest BCUT2D eigenvalue weighted by atomic mass is 9.79. The summed E-state index contributed by atoms with van der Waals surface area (Å²) in [5.74, 6) is -0.336. The fourth-order valence-corrected chi connectivity index (χ4v) is 3.86. The van der Waals surface area contributed by atoms with E-state index in [2.05, 4.69) is 9.97 Å². The summed E-state index contributed by atoms with van der Waals surface area (Å²) in [6.45, 7) is 8.11. The quantitative estimate of drug-likeness (QED) is 0.439. The third kappa shape index (κ3) is 3.79. The highest BCUT2D eigenvalue weighted by molar-refractivity contribution is 7.98. The van der Waals surface area contributed by atoms with Crippen molar-refractivity contribution in [1.82, 2.24) is 14.9 Å². The molecule has 0 aliphatic carbocycles. The van der Waals surface area contributed by atoms with Crippen LogP contribution in [0, 0.1) is 11.2 Å². The van der Waals surface area contributed by atoms with Gasteiger partial charge in [0.1, 0.15) is 5.60 Å². The Hall–Kier alpha value is -1.28. The van der Waals surface area contributed by atoms with E-state index in [9.17, 15) is 9.18 Å². The largest absolute Gasteiger partial charge is 0.444 e. The maximum atomic E-state index is 14.3. The minimum absolute atomic E-state index is 0.0275. The Labute approximate surface area is 156 Å². The molecule has 3 heterocycles. The molecule has 1 aromatic heterocycles. The highest BCUT2D eigenvalue weighted by Gasteiger charge is 2.51. The van der Waals surface area contributed by atoms with Crippen molar-refractivity contribution in [2.24, 2.45) is 5.41 Å². The van der Waals surface area contributed by atoms with Gasteiger partial charge >= 0.3 is 6.09 Å². The van der Waals surface area contributed by atoms with Gasteiger partial charge in [0.15, 0.2) is 16.1 Å². The molecule has 0 N–H and O–H groups in total. The number of amides is 1. The number of rotatable bonds is 2. The molecule has 0 radical (unpaired) electrons. The second-order valence-electron chi connectivity index (χ2n) is 7.65. The molecule has 1 amide bonds. The molecule has 6 nitrogen and oxygen atoms in total. The van der Waals surface area contributed by atoms with E-state index >= 15 is 0 Å². The Morgan fingerprint density at radius 3 is 2.60 bits per heavy atom. The maximum Gasteiger partial charge on any atom is 0.410 e. The van der Waals surface area contributed by atoms with Gasteiger partial charge in [0.05, 0.1) is 0 Å². The predicted molar refractivity (Wildman–Crippen MR) is 95.9 cm³/mol. The molecule has 0 atom stereocenters. The highest BCUT2D eigenvalue weighted by atomic mass is 35.5. The standard InChI is InChI=1S/C16H22ClFN4O2S/c1-15(2,3)24-14(23)22-8-16(9-22)5-6-21(7-16)12-10(18)11(17)19-13(20-12)25-4/h5-9H2,1-4H3. The average Bonchev–Trinajstić information content (AvgIpc) is 2.92. The van der Waals surface area contributed by atoms with Crippen molar-refractivity contribution in [2.75, 3.05) is 37.3 Å². The Morgan fingerprint density at radius 2 is 2.00 bits per heavy atom. The van der Waals surface area contributed by atoms with E-state index in [-0.39, 0.29) is 22.5 Å². The molecule has 1 spiro atoms. The van der Waals surface area contributed by atoms with Gasteiger partial charge in [0.2, 0.25) is 5.82 Å². The first-order valence-electron chi connectivity index (χ1n) is 8.12. The van der Waals surface area contributed by atoms with E-state index < -0.39 is 11.4 Å². The second-order valence-corrected chi connectivity index (χ2v) is 8.78. The number of aromatic nitrogens is 2. The molecule has 2 aliphatic rings. The molecule has 2 fully saturated rings. The van der Waals surface area contributed by atoms with E-state index in [0.29, 0.717) is 31.3 Å². The summed E-state index contributed by atoms with van der Waals surface area (Å²) in [7, 11) is 0. The number of anilines is 1. The maximum absolute atomic E-state index is 14.3. The molecular formula is C16H22ClFN4O2S. The molecule has 9 heteroatoms. The van der Waals surface area contributed by atoms with Gasteiger partial charge in [-0.25, -0.2) is 14.8 Å². The van der Waals surface area contributed by atoms with E-state index in [1.165, 1.54) is 11.8 Å². The number of carbonyl (C=O) groups is 1. The zero-order valence-corrected chi connectivity index (χ0v) is 16.4. The Kier molecular flexibility index (Phi) is 4.79. The predicted octanol–water partition coefficient (Wildman–Crippen LogP) is 3.44. The zero-order valence-electron chi connectivity index (χ0n) is 14.8. The van der Waals surface area contributed by atoms with E-state index in [1.54, 1.807) is 4.90 Å². The Morgan fingerprint density at radius 1 is 1.32 bits per heavy atom. The molecule has 2 saturated heterocycles. The number of nitrogens with zero attached hydrogens (tertiary/aromatic N) is 4. The van der Waals surface area contributed by atoms with Crippen molar-refractivity contribution >= 4 is 35.3 Å². The smallest absolute Gasteiger partial charge is 0.410 e. The van der Waals surface area contributed by atoms with Crippen LogP contribution in [0.25, 0.3) is 0 Å². The summed E-state index contributed by atoms with van der Waals surface area (Å²) in [5, 5.41) is 0.297. The van der Waals surface area contributed by atoms with Crippen molar-refractivity contribution in [3.63, 3.8) is 0 Å². The molecule has 25 heavy (non-hydrogen) atoms. The van der Waals surface area contributed by atoms with Crippen molar-refractivity contribution in [1.29, 1.82) is 0 Å². The lowest BCUT2D eigenvalue weighted by Crippen LogP contribution is -2.60. The van der Waals surface area contributed by atoms with Crippen LogP contribution in [0.2, 0.25) is 5.15 Å². The lowest BCUT2D eigenvalue weighted by Gasteiger charge is -2.47. The van der Waals surface area contributed by atoms with Crippen molar-refractivity contribution in [3.8, 4) is 0 Å². The van der Waals surface area contributed by atoms with E-state index in [4.69, 9.17) is 16.3 Å². The fraction of sp³-hybridized carbons (Fsp3) is 0.688. The fourth-order valence-electron chi connectivity index (χ4n) is 3.28. The summed E-state index contributed by atoms with van der Waals surface area (Å²) in [6, 6.07) is 0. The first-order valence-corrected chi connectivity index (χ1v) is 9.73. The number of hydrogen-bond acceptors (Lipinski definition) is 6. The summed E-state index contributed by atoms with van der Waals surface area (Å²) >= 11 is 7.21. The van der Waals surface area contributed by atoms with Gasteiger partial charge in [-0.3, -0.25) is 0 Å². The molecule has 0 saturated carbocycles. The third-order valence-corrected chi connectivity index (χ3v) is 5.20. The molecule has 0 aromatic carbocycles. The Bertz CT molecular complexity index is 691. The monoisotopic (exact) mass is 388 g/mol. The molecule has 0 bridgehead atoms. The van der Waals surface area contributed by atoms with Gasteiger partial charge in [-0.15, -0.1) is 0 Å². The van der Waals surface area contributed by atoms with Crippen LogP contribution in [0.1, 0.15) is 27.2 Å². The summed E-state index contributed by atoms with van der Waals surface area (Å²) in [5.41, 5.74) is -0.531. The van der Waals surface area contributed by atoms with E-state index in [1.807, 2.05) is 31.9 Å². The van der Waals surface area contributed by atoms with Crippen LogP contribution in [-0.4, -0.2) is 59.0 Å². The van der Waals surface area contributed by atoms with Gasteiger partial charge in [0, 0.05) is 31.6 Å². The second kappa shape index (κ2) is 6.46.